The molecule has 6 nitrogen and oxygen atoms in total. The van der Waals surface area contributed by atoms with E-state index in [0.717, 1.165) is 54.1 Å². The molecule has 29 heavy (non-hydrogen) atoms. The monoisotopic (exact) mass is 390 g/mol. The topological polar surface area (TPSA) is 67.3 Å². The number of benzene rings is 1. The summed E-state index contributed by atoms with van der Waals surface area (Å²) in [6, 6.07) is 11.6. The van der Waals surface area contributed by atoms with Crippen LogP contribution in [0.4, 0.5) is 11.4 Å². The second kappa shape index (κ2) is 8.07. The van der Waals surface area contributed by atoms with Gasteiger partial charge in [-0.25, -0.2) is 9.97 Å². The van der Waals surface area contributed by atoms with Gasteiger partial charge in [-0.1, -0.05) is 6.92 Å². The molecule has 3 aromatic rings. The first-order chi connectivity index (χ1) is 14.0. The molecule has 0 radical (unpaired) electrons. The number of amides is 1. The maximum Gasteiger partial charge on any atom is 0.257 e. The number of ether oxygens (including phenoxy) is 1. The van der Waals surface area contributed by atoms with Crippen LogP contribution in [0.15, 0.2) is 42.6 Å². The molecule has 0 bridgehead atoms. The fourth-order valence-electron chi connectivity index (χ4n) is 3.67. The Morgan fingerprint density at radius 1 is 1.14 bits per heavy atom. The molecular weight excluding hydrogens is 364 g/mol. The molecule has 1 fully saturated rings. The molecule has 4 rings (SSSR count). The number of methoxy groups -OCH3 is 1. The SMILES string of the molecule is COc1ccc(Nc2c(C(=O)N3CCC(C)CC3)cnc3nc(C)ccc23)cc1. The van der Waals surface area contributed by atoms with Gasteiger partial charge in [0, 0.05) is 36.1 Å². The zero-order chi connectivity index (χ0) is 20.4. The average molecular weight is 390 g/mol. The number of aryl methyl sites for hydroxylation is 1. The van der Waals surface area contributed by atoms with Crippen LogP contribution in [0.3, 0.4) is 0 Å². The fourth-order valence-corrected chi connectivity index (χ4v) is 3.67. The molecule has 0 aliphatic carbocycles. The number of pyridine rings is 2. The van der Waals surface area contributed by atoms with Crippen molar-refractivity contribution >= 4 is 28.3 Å². The van der Waals surface area contributed by atoms with E-state index in [1.54, 1.807) is 13.3 Å². The number of hydrogen-bond acceptors (Lipinski definition) is 5. The van der Waals surface area contributed by atoms with Crippen LogP contribution in [0.2, 0.25) is 0 Å². The summed E-state index contributed by atoms with van der Waals surface area (Å²) in [5.41, 5.74) is 3.72. The van der Waals surface area contributed by atoms with Gasteiger partial charge in [0.2, 0.25) is 0 Å². The Morgan fingerprint density at radius 3 is 2.55 bits per heavy atom. The molecule has 0 atom stereocenters. The van der Waals surface area contributed by atoms with E-state index in [-0.39, 0.29) is 5.91 Å². The molecule has 1 aliphatic rings. The second-order valence-electron chi connectivity index (χ2n) is 7.70. The molecule has 1 aromatic carbocycles. The largest absolute Gasteiger partial charge is 0.497 e. The van der Waals surface area contributed by atoms with Crippen LogP contribution in [0.1, 0.15) is 35.8 Å². The average Bonchev–Trinajstić information content (AvgIpc) is 2.74. The van der Waals surface area contributed by atoms with Crippen molar-refractivity contribution in [3.63, 3.8) is 0 Å². The molecular formula is C23H26N4O2. The standard InChI is InChI=1S/C23H26N4O2/c1-15-10-12-27(13-11-15)23(28)20-14-24-22-19(9-4-16(2)25-22)21(20)26-17-5-7-18(29-3)8-6-17/h4-9,14-15H,10-13H2,1-3H3,(H,24,25,26). The number of fused-ring (bicyclic) bond motifs is 1. The Balaban J connectivity index is 1.75. The first kappa shape index (κ1) is 19.2. The molecule has 150 valence electrons. The maximum absolute atomic E-state index is 13.3. The van der Waals surface area contributed by atoms with Crippen LogP contribution in [-0.4, -0.2) is 41.0 Å². The Morgan fingerprint density at radius 2 is 1.86 bits per heavy atom. The van der Waals surface area contributed by atoms with E-state index in [0.29, 0.717) is 17.1 Å². The van der Waals surface area contributed by atoms with Gasteiger partial charge in [0.15, 0.2) is 5.65 Å². The lowest BCUT2D eigenvalue weighted by Gasteiger charge is -2.31. The van der Waals surface area contributed by atoms with Crippen LogP contribution >= 0.6 is 0 Å². The molecule has 0 saturated carbocycles. The Labute approximate surface area is 170 Å². The van der Waals surface area contributed by atoms with Crippen molar-refractivity contribution in [2.24, 2.45) is 5.92 Å². The summed E-state index contributed by atoms with van der Waals surface area (Å²) in [4.78, 5) is 24.3. The predicted molar refractivity (Wildman–Crippen MR) is 115 cm³/mol. The number of hydrogen-bond donors (Lipinski definition) is 1. The number of piperidine rings is 1. The minimum Gasteiger partial charge on any atom is -0.497 e. The summed E-state index contributed by atoms with van der Waals surface area (Å²) < 4.78 is 5.24. The molecule has 2 aromatic heterocycles. The predicted octanol–water partition coefficient (Wildman–Crippen LogP) is 4.56. The van der Waals surface area contributed by atoms with Gasteiger partial charge in [-0.05, 0) is 62.1 Å². The van der Waals surface area contributed by atoms with Crippen molar-refractivity contribution in [1.82, 2.24) is 14.9 Å². The number of likely N-dealkylation sites (tertiary alicyclic amines) is 1. The highest BCUT2D eigenvalue weighted by atomic mass is 16.5. The van der Waals surface area contributed by atoms with Crippen molar-refractivity contribution in [2.45, 2.75) is 26.7 Å². The smallest absolute Gasteiger partial charge is 0.257 e. The molecule has 1 saturated heterocycles. The third-order valence-electron chi connectivity index (χ3n) is 5.53. The summed E-state index contributed by atoms with van der Waals surface area (Å²) in [5.74, 6) is 1.46. The van der Waals surface area contributed by atoms with E-state index in [4.69, 9.17) is 4.74 Å². The molecule has 6 heteroatoms. The molecule has 0 unspecified atom stereocenters. The number of nitrogens with zero attached hydrogens (tertiary/aromatic N) is 3. The normalized spacial score (nSPS) is 14.8. The summed E-state index contributed by atoms with van der Waals surface area (Å²) >= 11 is 0. The lowest BCUT2D eigenvalue weighted by Crippen LogP contribution is -2.38. The van der Waals surface area contributed by atoms with Gasteiger partial charge < -0.3 is 15.0 Å². The van der Waals surface area contributed by atoms with E-state index >= 15 is 0 Å². The van der Waals surface area contributed by atoms with Gasteiger partial charge in [-0.2, -0.15) is 0 Å². The van der Waals surface area contributed by atoms with E-state index in [2.05, 4.69) is 22.2 Å². The quantitative estimate of drug-likeness (QED) is 0.707. The van der Waals surface area contributed by atoms with E-state index < -0.39 is 0 Å². The van der Waals surface area contributed by atoms with Crippen molar-refractivity contribution in [3.8, 4) is 5.75 Å². The van der Waals surface area contributed by atoms with Crippen LogP contribution in [0, 0.1) is 12.8 Å². The van der Waals surface area contributed by atoms with E-state index in [9.17, 15) is 4.79 Å². The van der Waals surface area contributed by atoms with Crippen LogP contribution in [-0.2, 0) is 0 Å². The zero-order valence-corrected chi connectivity index (χ0v) is 17.1. The van der Waals surface area contributed by atoms with Crippen molar-refractivity contribution in [3.05, 3.63) is 53.9 Å². The Hall–Kier alpha value is -3.15. The van der Waals surface area contributed by atoms with Crippen molar-refractivity contribution in [2.75, 3.05) is 25.5 Å². The highest BCUT2D eigenvalue weighted by Crippen LogP contribution is 2.31. The number of aromatic nitrogens is 2. The zero-order valence-electron chi connectivity index (χ0n) is 17.1. The molecule has 1 aliphatic heterocycles. The summed E-state index contributed by atoms with van der Waals surface area (Å²) in [5, 5.41) is 4.27. The molecule has 0 spiro atoms. The maximum atomic E-state index is 13.3. The van der Waals surface area contributed by atoms with Gasteiger partial charge >= 0.3 is 0 Å². The molecule has 3 heterocycles. The lowest BCUT2D eigenvalue weighted by molar-refractivity contribution is 0.0698. The fraction of sp³-hybridized carbons (Fsp3) is 0.348. The lowest BCUT2D eigenvalue weighted by atomic mass is 9.98. The number of anilines is 2. The second-order valence-corrected chi connectivity index (χ2v) is 7.70. The number of carbonyl (C=O) groups is 1. The molecule has 1 N–H and O–H groups in total. The van der Waals surface area contributed by atoms with E-state index in [1.165, 1.54) is 0 Å². The number of carbonyl (C=O) groups excluding carboxylic acids is 1. The summed E-state index contributed by atoms with van der Waals surface area (Å²) in [6.07, 6.45) is 3.73. The third kappa shape index (κ3) is 4.01. The third-order valence-corrected chi connectivity index (χ3v) is 5.53. The van der Waals surface area contributed by atoms with Gasteiger partial charge in [-0.15, -0.1) is 0 Å². The number of nitrogens with one attached hydrogen (secondary N) is 1. The van der Waals surface area contributed by atoms with Crippen LogP contribution in [0.25, 0.3) is 11.0 Å². The van der Waals surface area contributed by atoms with Crippen molar-refractivity contribution in [1.29, 1.82) is 0 Å². The van der Waals surface area contributed by atoms with Gasteiger partial charge in [0.1, 0.15) is 5.75 Å². The summed E-state index contributed by atoms with van der Waals surface area (Å²) in [6.45, 7) is 5.74. The Bertz CT molecular complexity index is 1020. The minimum absolute atomic E-state index is 0.0166. The highest BCUT2D eigenvalue weighted by molar-refractivity contribution is 6.07. The van der Waals surface area contributed by atoms with Gasteiger partial charge in [0.25, 0.3) is 5.91 Å². The first-order valence-electron chi connectivity index (χ1n) is 10.0. The van der Waals surface area contributed by atoms with Crippen molar-refractivity contribution < 1.29 is 9.53 Å². The number of rotatable bonds is 4. The van der Waals surface area contributed by atoms with Crippen LogP contribution < -0.4 is 10.1 Å². The van der Waals surface area contributed by atoms with Gasteiger partial charge in [-0.3, -0.25) is 4.79 Å². The Kier molecular flexibility index (Phi) is 5.34. The summed E-state index contributed by atoms with van der Waals surface area (Å²) in [7, 11) is 1.64. The van der Waals surface area contributed by atoms with Gasteiger partial charge in [0.05, 0.1) is 18.4 Å². The first-order valence-corrected chi connectivity index (χ1v) is 10.0. The van der Waals surface area contributed by atoms with Crippen LogP contribution in [0.5, 0.6) is 5.75 Å². The van der Waals surface area contributed by atoms with E-state index in [1.807, 2.05) is 48.2 Å². The highest BCUT2D eigenvalue weighted by Gasteiger charge is 2.25. The molecule has 1 amide bonds. The minimum atomic E-state index is 0.0166.